The zero-order valence-electron chi connectivity index (χ0n) is 14.9. The predicted octanol–water partition coefficient (Wildman–Crippen LogP) is -0.702. The molecule has 0 aromatic heterocycles. The lowest BCUT2D eigenvalue weighted by Crippen LogP contribution is -2.48. The van der Waals surface area contributed by atoms with Crippen LogP contribution in [0.2, 0.25) is 0 Å². The van der Waals surface area contributed by atoms with Crippen LogP contribution in [0.3, 0.4) is 0 Å². The Hall–Kier alpha value is -2.03. The van der Waals surface area contributed by atoms with Crippen LogP contribution in [0.15, 0.2) is 28.2 Å². The molecule has 1 aromatic carbocycles. The molecule has 0 spiro atoms. The topological polar surface area (TPSA) is 95.5 Å². The van der Waals surface area contributed by atoms with Crippen molar-refractivity contribution in [2.75, 3.05) is 46.8 Å². The van der Waals surface area contributed by atoms with Crippen LogP contribution < -0.4 is 26.5 Å². The first-order chi connectivity index (χ1) is 12.0. The Balaban J connectivity index is 2.02. The van der Waals surface area contributed by atoms with Crippen molar-refractivity contribution in [1.29, 1.82) is 0 Å². The van der Waals surface area contributed by atoms with Crippen LogP contribution >= 0.6 is 0 Å². The summed E-state index contributed by atoms with van der Waals surface area (Å²) in [6.45, 7) is 4.57. The maximum atomic E-state index is 11.2. The molecular weight excluding hydrogens is 320 g/mol. The van der Waals surface area contributed by atoms with E-state index >= 15 is 0 Å². The first-order valence-electron chi connectivity index (χ1n) is 8.67. The van der Waals surface area contributed by atoms with Crippen molar-refractivity contribution in [3.63, 3.8) is 0 Å². The van der Waals surface area contributed by atoms with E-state index in [1.54, 1.807) is 6.07 Å². The molecule has 1 unspecified atom stereocenters. The normalized spacial score (nSPS) is 23.5. The van der Waals surface area contributed by atoms with Gasteiger partial charge in [0.2, 0.25) is 5.79 Å². The van der Waals surface area contributed by atoms with Crippen molar-refractivity contribution >= 4 is 6.09 Å². The molecule has 2 heterocycles. The zero-order valence-corrected chi connectivity index (χ0v) is 14.9. The van der Waals surface area contributed by atoms with Gasteiger partial charge in [0.1, 0.15) is 5.36 Å². The monoisotopic (exact) mass is 346 g/mol. The number of rotatable bonds is 5. The Kier molecular flexibility index (Phi) is 5.31. The third-order valence-corrected chi connectivity index (χ3v) is 4.52. The van der Waals surface area contributed by atoms with Crippen molar-refractivity contribution in [2.24, 2.45) is 15.7 Å². The van der Waals surface area contributed by atoms with Crippen LogP contribution in [-0.2, 0) is 0 Å². The van der Waals surface area contributed by atoms with Gasteiger partial charge in [-0.1, -0.05) is 6.07 Å². The number of primary amides is 1. The summed E-state index contributed by atoms with van der Waals surface area (Å²) in [6, 6.07) is 5.41. The average molecular weight is 346 g/mol. The van der Waals surface area contributed by atoms with E-state index in [1.807, 2.05) is 26.2 Å². The molecule has 3 rings (SSSR count). The highest BCUT2D eigenvalue weighted by atomic mass is 16.5. The Bertz CT molecular complexity index is 742. The molecule has 1 saturated heterocycles. The lowest BCUT2D eigenvalue weighted by molar-refractivity contribution is 0.0907. The molecule has 1 amide bonds. The number of benzene rings is 1. The van der Waals surface area contributed by atoms with Gasteiger partial charge in [-0.25, -0.2) is 14.8 Å². The largest absolute Gasteiger partial charge is 0.410 e. The summed E-state index contributed by atoms with van der Waals surface area (Å²) in [4.78, 5) is 25.6. The van der Waals surface area contributed by atoms with E-state index in [0.717, 1.165) is 50.9 Å². The number of carbonyl (C=O) groups is 1. The number of hydrogen-bond donors (Lipinski definition) is 2. The first-order valence-corrected chi connectivity index (χ1v) is 8.67. The molecule has 0 radical (unpaired) electrons. The molecule has 1 aromatic rings. The predicted molar refractivity (Wildman–Crippen MR) is 93.9 cm³/mol. The van der Waals surface area contributed by atoms with Gasteiger partial charge in [-0.2, -0.15) is 0 Å². The van der Waals surface area contributed by atoms with E-state index in [0.29, 0.717) is 11.1 Å². The quantitative estimate of drug-likeness (QED) is 0.735. The molecule has 136 valence electrons. The Morgan fingerprint density at radius 3 is 2.96 bits per heavy atom. The van der Waals surface area contributed by atoms with Crippen LogP contribution in [-0.4, -0.2) is 68.5 Å². The van der Waals surface area contributed by atoms with Crippen LogP contribution in [0.4, 0.5) is 4.79 Å². The number of carbonyl (C=O) groups excluding carboxylic acids is 1. The number of nitrogens with two attached hydrogens (primary N) is 1. The summed E-state index contributed by atoms with van der Waals surface area (Å²) in [7, 11) is 4.09. The lowest BCUT2D eigenvalue weighted by Gasteiger charge is -2.36. The minimum absolute atomic E-state index is 0.369. The van der Waals surface area contributed by atoms with E-state index in [2.05, 4.69) is 15.1 Å². The Labute approximate surface area is 147 Å². The number of fused-ring (bicyclic) bond motifs is 1. The smallest absolute Gasteiger partial charge is 0.408 e. The second-order valence-corrected chi connectivity index (χ2v) is 6.69. The summed E-state index contributed by atoms with van der Waals surface area (Å²) in [5.74, 6) is -0.288. The minimum Gasteiger partial charge on any atom is -0.408 e. The van der Waals surface area contributed by atoms with E-state index in [4.69, 9.17) is 20.5 Å². The van der Waals surface area contributed by atoms with Gasteiger partial charge < -0.3 is 20.7 Å². The second-order valence-electron chi connectivity index (χ2n) is 6.69. The highest BCUT2D eigenvalue weighted by Gasteiger charge is 2.38. The van der Waals surface area contributed by atoms with Gasteiger partial charge in [0.15, 0.2) is 5.75 Å². The fraction of sp³-hybridized carbons (Fsp3) is 0.588. The fourth-order valence-electron chi connectivity index (χ4n) is 3.29. The van der Waals surface area contributed by atoms with Gasteiger partial charge in [-0.05, 0) is 39.2 Å². The van der Waals surface area contributed by atoms with Crippen LogP contribution in [0.25, 0.3) is 0 Å². The molecule has 8 heteroatoms. The molecule has 0 saturated carbocycles. The van der Waals surface area contributed by atoms with Gasteiger partial charge >= 0.3 is 6.09 Å². The molecule has 0 bridgehead atoms. The number of hydrogen-bond acceptors (Lipinski definition) is 7. The SMILES string of the molecule is CN(C)CCC1(N2CCCNCC2)N=c2cccc(OC(N)=O)c2=N1. The standard InChI is InChI=1S/C17H26N6O2/c1-22(2)11-7-17(23-10-4-8-19-9-12-23)20-13-5-3-6-14(15(13)21-17)25-16(18)24/h3,5-6,19H,4,7-12H2,1-2H3,(H2,18,24). The summed E-state index contributed by atoms with van der Waals surface area (Å²) in [5, 5.41) is 4.77. The van der Waals surface area contributed by atoms with E-state index < -0.39 is 11.9 Å². The van der Waals surface area contributed by atoms with Crippen molar-refractivity contribution in [3.05, 3.63) is 28.9 Å². The van der Waals surface area contributed by atoms with Gasteiger partial charge in [0.05, 0.1) is 5.36 Å². The third kappa shape index (κ3) is 3.97. The van der Waals surface area contributed by atoms with E-state index in [1.165, 1.54) is 0 Å². The molecule has 2 aliphatic rings. The van der Waals surface area contributed by atoms with Gasteiger partial charge in [-0.15, -0.1) is 0 Å². The van der Waals surface area contributed by atoms with E-state index in [9.17, 15) is 4.79 Å². The summed E-state index contributed by atoms with van der Waals surface area (Å²) < 4.78 is 5.13. The molecule has 2 aliphatic heterocycles. The minimum atomic E-state index is -0.839. The molecule has 0 aliphatic carbocycles. The van der Waals surface area contributed by atoms with Crippen molar-refractivity contribution in [3.8, 4) is 5.75 Å². The van der Waals surface area contributed by atoms with Crippen LogP contribution in [0.1, 0.15) is 12.8 Å². The van der Waals surface area contributed by atoms with Gasteiger partial charge in [-0.3, -0.25) is 4.90 Å². The summed E-state index contributed by atoms with van der Waals surface area (Å²) >= 11 is 0. The molecule has 8 nitrogen and oxygen atoms in total. The van der Waals surface area contributed by atoms with Crippen molar-refractivity contribution in [1.82, 2.24) is 15.1 Å². The highest BCUT2D eigenvalue weighted by Crippen LogP contribution is 2.26. The zero-order chi connectivity index (χ0) is 17.9. The van der Waals surface area contributed by atoms with E-state index in [-0.39, 0.29) is 0 Å². The third-order valence-electron chi connectivity index (χ3n) is 4.52. The molecular formula is C17H26N6O2. The molecule has 1 atom stereocenters. The molecule has 25 heavy (non-hydrogen) atoms. The number of nitrogens with zero attached hydrogens (tertiary/aromatic N) is 4. The van der Waals surface area contributed by atoms with Gasteiger partial charge in [0, 0.05) is 32.6 Å². The number of amides is 1. The van der Waals surface area contributed by atoms with Crippen LogP contribution in [0.5, 0.6) is 5.75 Å². The average Bonchev–Trinajstić information content (AvgIpc) is 2.74. The lowest BCUT2D eigenvalue weighted by atomic mass is 10.2. The molecule has 1 fully saturated rings. The van der Waals surface area contributed by atoms with Crippen LogP contribution in [0, 0.1) is 0 Å². The van der Waals surface area contributed by atoms with Crippen molar-refractivity contribution < 1.29 is 9.53 Å². The highest BCUT2D eigenvalue weighted by molar-refractivity contribution is 5.67. The number of ether oxygens (including phenoxy) is 1. The first kappa shape index (κ1) is 17.8. The fourth-order valence-corrected chi connectivity index (χ4v) is 3.29. The Morgan fingerprint density at radius 1 is 1.36 bits per heavy atom. The molecule has 3 N–H and O–H groups in total. The maximum absolute atomic E-state index is 11.2. The number of para-hydroxylation sites is 1. The summed E-state index contributed by atoms with van der Waals surface area (Å²) in [6.07, 6.45) is 0.980. The number of nitrogens with one attached hydrogen (secondary N) is 1. The summed E-state index contributed by atoms with van der Waals surface area (Å²) in [5.41, 5.74) is 5.19. The van der Waals surface area contributed by atoms with Crippen molar-refractivity contribution in [2.45, 2.75) is 18.6 Å². The van der Waals surface area contributed by atoms with Gasteiger partial charge in [0.25, 0.3) is 0 Å². The maximum Gasteiger partial charge on any atom is 0.410 e. The second kappa shape index (κ2) is 7.47. The Morgan fingerprint density at radius 2 is 2.20 bits per heavy atom.